The Bertz CT molecular complexity index is 1330. The van der Waals surface area contributed by atoms with E-state index >= 15 is 0 Å². The first-order valence-corrected chi connectivity index (χ1v) is 12.9. The van der Waals surface area contributed by atoms with Crippen LogP contribution in [0.4, 0.5) is 14.5 Å². The number of aryl methyl sites for hydroxylation is 1. The lowest BCUT2D eigenvalue weighted by Gasteiger charge is -2.34. The molecule has 1 atom stereocenters. The average Bonchev–Trinajstić information content (AvgIpc) is 2.87. The van der Waals surface area contributed by atoms with E-state index in [4.69, 9.17) is 0 Å². The van der Waals surface area contributed by atoms with E-state index in [2.05, 4.69) is 47.6 Å². The van der Waals surface area contributed by atoms with E-state index in [1.54, 1.807) is 31.5 Å². The summed E-state index contributed by atoms with van der Waals surface area (Å²) in [6, 6.07) is 11.5. The van der Waals surface area contributed by atoms with Crippen molar-refractivity contribution in [2.45, 2.75) is 47.0 Å². The standard InChI is InChI=1S/C32H38F2N4/c1-21(2)31(22(3)32(6,15-10-16-35-7)18-25-11-8-9-12-29(25)34)23(4)38-30-14-13-27(33)17-28(30)26-19-36-24(5)37-20-26/h8-9,11-14,17,19-20,35,38H,1,4,10,15-16,18H2,2-3,5-7H3/b31-22+. The quantitative estimate of drug-likeness (QED) is 0.190. The molecule has 0 amide bonds. The molecule has 0 aliphatic carbocycles. The zero-order valence-corrected chi connectivity index (χ0v) is 23.1. The molecular formula is C32H38F2N4. The van der Waals surface area contributed by atoms with Gasteiger partial charge < -0.3 is 10.6 Å². The molecule has 0 saturated heterocycles. The third kappa shape index (κ3) is 7.01. The number of anilines is 1. The molecule has 3 rings (SSSR count). The van der Waals surface area contributed by atoms with Crippen molar-refractivity contribution in [1.82, 2.24) is 15.3 Å². The van der Waals surface area contributed by atoms with Gasteiger partial charge in [0.15, 0.2) is 0 Å². The van der Waals surface area contributed by atoms with Gasteiger partial charge in [-0.2, -0.15) is 0 Å². The van der Waals surface area contributed by atoms with Gasteiger partial charge in [-0.25, -0.2) is 18.7 Å². The van der Waals surface area contributed by atoms with Crippen molar-refractivity contribution in [2.24, 2.45) is 5.41 Å². The Labute approximate surface area is 225 Å². The third-order valence-corrected chi connectivity index (χ3v) is 7.06. The van der Waals surface area contributed by atoms with Crippen molar-refractivity contribution in [2.75, 3.05) is 18.9 Å². The number of benzene rings is 2. The van der Waals surface area contributed by atoms with Gasteiger partial charge in [0.1, 0.15) is 17.5 Å². The maximum atomic E-state index is 14.7. The molecule has 0 spiro atoms. The molecule has 1 unspecified atom stereocenters. The Morgan fingerprint density at radius 2 is 1.71 bits per heavy atom. The number of nitrogens with one attached hydrogen (secondary N) is 2. The summed E-state index contributed by atoms with van der Waals surface area (Å²) >= 11 is 0. The number of nitrogens with zero attached hydrogens (tertiary/aromatic N) is 2. The van der Waals surface area contributed by atoms with Gasteiger partial charge in [-0.05, 0) is 100 Å². The molecule has 3 aromatic rings. The average molecular weight is 517 g/mol. The van der Waals surface area contributed by atoms with E-state index < -0.39 is 0 Å². The summed E-state index contributed by atoms with van der Waals surface area (Å²) in [5.74, 6) is 0.0791. The minimum Gasteiger partial charge on any atom is -0.355 e. The van der Waals surface area contributed by atoms with Crippen LogP contribution in [0.15, 0.2) is 90.4 Å². The number of hydrogen-bond donors (Lipinski definition) is 2. The summed E-state index contributed by atoms with van der Waals surface area (Å²) < 4.78 is 29.0. The maximum Gasteiger partial charge on any atom is 0.126 e. The van der Waals surface area contributed by atoms with Crippen molar-refractivity contribution in [3.05, 3.63) is 113 Å². The minimum absolute atomic E-state index is 0.203. The molecule has 1 heterocycles. The lowest BCUT2D eigenvalue weighted by molar-refractivity contribution is 0.342. The predicted octanol–water partition coefficient (Wildman–Crippen LogP) is 7.80. The first-order valence-electron chi connectivity index (χ1n) is 12.9. The Balaban J connectivity index is 2.04. The van der Waals surface area contributed by atoms with Gasteiger partial charge >= 0.3 is 0 Å². The van der Waals surface area contributed by atoms with Crippen LogP contribution >= 0.6 is 0 Å². The van der Waals surface area contributed by atoms with E-state index in [0.717, 1.165) is 36.1 Å². The summed E-state index contributed by atoms with van der Waals surface area (Å²) in [6.45, 7) is 17.5. The van der Waals surface area contributed by atoms with Crippen molar-refractivity contribution < 1.29 is 8.78 Å². The van der Waals surface area contributed by atoms with E-state index in [-0.39, 0.29) is 17.0 Å². The van der Waals surface area contributed by atoms with Crippen LogP contribution in [-0.2, 0) is 6.42 Å². The number of aromatic nitrogens is 2. The molecule has 6 heteroatoms. The highest BCUT2D eigenvalue weighted by atomic mass is 19.1. The molecule has 0 aliphatic heterocycles. The molecule has 200 valence electrons. The second-order valence-corrected chi connectivity index (χ2v) is 10.1. The molecule has 0 radical (unpaired) electrons. The zero-order valence-electron chi connectivity index (χ0n) is 23.1. The highest BCUT2D eigenvalue weighted by molar-refractivity contribution is 5.79. The van der Waals surface area contributed by atoms with Crippen molar-refractivity contribution in [3.63, 3.8) is 0 Å². The number of hydrogen-bond acceptors (Lipinski definition) is 4. The van der Waals surface area contributed by atoms with Crippen LogP contribution < -0.4 is 10.6 Å². The monoisotopic (exact) mass is 516 g/mol. The maximum absolute atomic E-state index is 14.7. The molecule has 0 saturated carbocycles. The van der Waals surface area contributed by atoms with Gasteiger partial charge in [-0.3, -0.25) is 0 Å². The lowest BCUT2D eigenvalue weighted by Crippen LogP contribution is -2.26. The van der Waals surface area contributed by atoms with Gasteiger partial charge in [0.2, 0.25) is 0 Å². The Morgan fingerprint density at radius 1 is 1.03 bits per heavy atom. The smallest absolute Gasteiger partial charge is 0.126 e. The van der Waals surface area contributed by atoms with E-state index in [9.17, 15) is 8.78 Å². The van der Waals surface area contributed by atoms with Gasteiger partial charge in [0.05, 0.1) is 0 Å². The third-order valence-electron chi connectivity index (χ3n) is 7.06. The van der Waals surface area contributed by atoms with Gasteiger partial charge in [-0.1, -0.05) is 43.9 Å². The lowest BCUT2D eigenvalue weighted by atomic mass is 9.71. The molecule has 2 aromatic carbocycles. The predicted molar refractivity (Wildman–Crippen MR) is 154 cm³/mol. The van der Waals surface area contributed by atoms with Crippen LogP contribution in [0.3, 0.4) is 0 Å². The Kier molecular flexibility index (Phi) is 9.70. The van der Waals surface area contributed by atoms with Crippen LogP contribution in [0.25, 0.3) is 11.1 Å². The highest BCUT2D eigenvalue weighted by Gasteiger charge is 2.30. The molecule has 2 N–H and O–H groups in total. The fraction of sp³-hybridized carbons (Fsp3) is 0.312. The van der Waals surface area contributed by atoms with Crippen LogP contribution in [0, 0.1) is 24.0 Å². The normalized spacial score (nSPS) is 13.4. The second kappa shape index (κ2) is 12.7. The summed E-state index contributed by atoms with van der Waals surface area (Å²) in [5.41, 5.74) is 5.79. The van der Waals surface area contributed by atoms with Crippen molar-refractivity contribution in [1.29, 1.82) is 0 Å². The number of halogens is 2. The van der Waals surface area contributed by atoms with Crippen molar-refractivity contribution >= 4 is 5.69 Å². The van der Waals surface area contributed by atoms with Crippen LogP contribution in [0.1, 0.15) is 45.0 Å². The van der Waals surface area contributed by atoms with Gasteiger partial charge in [0, 0.05) is 34.9 Å². The first-order chi connectivity index (χ1) is 18.1. The topological polar surface area (TPSA) is 49.8 Å². The largest absolute Gasteiger partial charge is 0.355 e. The zero-order chi connectivity index (χ0) is 27.9. The molecule has 38 heavy (non-hydrogen) atoms. The summed E-state index contributed by atoms with van der Waals surface area (Å²) in [5, 5.41) is 6.62. The fourth-order valence-electron chi connectivity index (χ4n) is 4.85. The second-order valence-electron chi connectivity index (χ2n) is 10.1. The Hall–Kier alpha value is -3.64. The fourth-order valence-corrected chi connectivity index (χ4v) is 4.85. The van der Waals surface area contributed by atoms with Crippen LogP contribution in [-0.4, -0.2) is 23.6 Å². The summed E-state index contributed by atoms with van der Waals surface area (Å²) in [6.07, 6.45) is 5.68. The van der Waals surface area contributed by atoms with E-state index in [1.165, 1.54) is 18.2 Å². The Morgan fingerprint density at radius 3 is 2.34 bits per heavy atom. The minimum atomic E-state index is -0.356. The molecule has 0 bridgehead atoms. The molecular weight excluding hydrogens is 478 g/mol. The molecule has 1 aromatic heterocycles. The van der Waals surface area contributed by atoms with E-state index in [1.807, 2.05) is 26.1 Å². The van der Waals surface area contributed by atoms with Crippen molar-refractivity contribution in [3.8, 4) is 11.1 Å². The van der Waals surface area contributed by atoms with Gasteiger partial charge in [-0.15, -0.1) is 0 Å². The molecule has 4 nitrogen and oxygen atoms in total. The molecule has 0 aliphatic rings. The summed E-state index contributed by atoms with van der Waals surface area (Å²) in [7, 11) is 1.93. The van der Waals surface area contributed by atoms with E-state index in [0.29, 0.717) is 40.3 Å². The van der Waals surface area contributed by atoms with Crippen LogP contribution in [0.2, 0.25) is 0 Å². The van der Waals surface area contributed by atoms with Gasteiger partial charge in [0.25, 0.3) is 0 Å². The summed E-state index contributed by atoms with van der Waals surface area (Å²) in [4.78, 5) is 8.54. The van der Waals surface area contributed by atoms with Crippen LogP contribution in [0.5, 0.6) is 0 Å². The number of rotatable bonds is 12. The highest BCUT2D eigenvalue weighted by Crippen LogP contribution is 2.41. The number of allylic oxidation sites excluding steroid dienone is 2. The SMILES string of the molecule is C=C(C)/C(C(=C)Nc1ccc(F)cc1-c1cnc(C)nc1)=C(/C)C(C)(CCCNC)Cc1ccccc1F. The first kappa shape index (κ1) is 28.9. The molecule has 0 fully saturated rings.